The topological polar surface area (TPSA) is 128 Å². The predicted octanol–water partition coefficient (Wildman–Crippen LogP) is 6.29. The Kier molecular flexibility index (Phi) is 10.7. The standard InChI is InChI=1S/C38H40N6O4/c1-38(2,3)44(37(47)48)33-17-23-43(24-18-33)35(45)30-9-6-27(7-10-30)8-11-31-25-32(12-13-34(31)29-15-20-39-21-16-29)42-36(46)41-22-14-28-5-4-19-40-26-28/h4-7,9-10,12-13,15-16,19-21,25-26,33H,14,17-18,22-24H2,1-3H3,(H,47,48)(H2,41,42,46). The van der Waals surface area contributed by atoms with Crippen LogP contribution in [0.3, 0.4) is 0 Å². The summed E-state index contributed by atoms with van der Waals surface area (Å²) >= 11 is 0. The van der Waals surface area contributed by atoms with Gasteiger partial charge in [0.05, 0.1) is 0 Å². The predicted molar refractivity (Wildman–Crippen MR) is 186 cm³/mol. The van der Waals surface area contributed by atoms with Crippen LogP contribution in [0, 0.1) is 11.8 Å². The molecule has 2 aromatic heterocycles. The molecule has 0 atom stereocenters. The minimum atomic E-state index is -0.932. The minimum absolute atomic E-state index is 0.0805. The van der Waals surface area contributed by atoms with E-state index in [2.05, 4.69) is 32.4 Å². The fourth-order valence-corrected chi connectivity index (χ4v) is 5.89. The van der Waals surface area contributed by atoms with Crippen molar-refractivity contribution in [1.29, 1.82) is 0 Å². The van der Waals surface area contributed by atoms with Gasteiger partial charge in [-0.05, 0) is 111 Å². The number of anilines is 1. The van der Waals surface area contributed by atoms with Crippen molar-refractivity contribution < 1.29 is 19.5 Å². The molecule has 1 saturated heterocycles. The number of rotatable bonds is 7. The largest absolute Gasteiger partial charge is 0.465 e. The average Bonchev–Trinajstić information content (AvgIpc) is 3.08. The molecule has 48 heavy (non-hydrogen) atoms. The van der Waals surface area contributed by atoms with E-state index in [1.807, 2.05) is 75.4 Å². The molecule has 0 radical (unpaired) electrons. The van der Waals surface area contributed by atoms with Gasteiger partial charge in [0.25, 0.3) is 5.91 Å². The maximum Gasteiger partial charge on any atom is 0.407 e. The number of amides is 4. The Bertz CT molecular complexity index is 1790. The first-order chi connectivity index (χ1) is 23.1. The third-order valence-electron chi connectivity index (χ3n) is 8.21. The first kappa shape index (κ1) is 33.7. The average molecular weight is 645 g/mol. The normalized spacial score (nSPS) is 13.2. The van der Waals surface area contributed by atoms with E-state index in [-0.39, 0.29) is 18.0 Å². The van der Waals surface area contributed by atoms with Crippen molar-refractivity contribution in [2.24, 2.45) is 0 Å². The molecule has 1 aliphatic heterocycles. The number of piperidine rings is 1. The van der Waals surface area contributed by atoms with Crippen molar-refractivity contribution in [3.8, 4) is 23.0 Å². The molecular formula is C38H40N6O4. The lowest BCUT2D eigenvalue weighted by molar-refractivity contribution is 0.0384. The van der Waals surface area contributed by atoms with Crippen molar-refractivity contribution in [2.75, 3.05) is 25.0 Å². The number of aromatic nitrogens is 2. The molecule has 10 nitrogen and oxygen atoms in total. The van der Waals surface area contributed by atoms with E-state index in [1.165, 1.54) is 4.90 Å². The third-order valence-corrected chi connectivity index (χ3v) is 8.21. The van der Waals surface area contributed by atoms with Gasteiger partial charge in [0.2, 0.25) is 0 Å². The van der Waals surface area contributed by atoms with Gasteiger partial charge in [-0.2, -0.15) is 0 Å². The van der Waals surface area contributed by atoms with Crippen LogP contribution < -0.4 is 10.6 Å². The van der Waals surface area contributed by atoms with Crippen LogP contribution in [0.4, 0.5) is 15.3 Å². The molecule has 246 valence electrons. The lowest BCUT2D eigenvalue weighted by Gasteiger charge is -2.43. The van der Waals surface area contributed by atoms with E-state index in [4.69, 9.17) is 0 Å². The molecule has 0 aliphatic carbocycles. The molecular weight excluding hydrogens is 604 g/mol. The second-order valence-corrected chi connectivity index (χ2v) is 12.7. The summed E-state index contributed by atoms with van der Waals surface area (Å²) in [5, 5.41) is 15.5. The van der Waals surface area contributed by atoms with E-state index >= 15 is 0 Å². The Balaban J connectivity index is 1.25. The van der Waals surface area contributed by atoms with Gasteiger partial charge in [-0.25, -0.2) is 9.59 Å². The fraction of sp³-hybridized carbons (Fsp3) is 0.289. The molecule has 0 saturated carbocycles. The maximum atomic E-state index is 13.3. The van der Waals surface area contributed by atoms with Gasteiger partial charge >= 0.3 is 12.1 Å². The minimum Gasteiger partial charge on any atom is -0.465 e. The number of likely N-dealkylation sites (tertiary alicyclic amines) is 1. The summed E-state index contributed by atoms with van der Waals surface area (Å²) in [4.78, 5) is 49.3. The second-order valence-electron chi connectivity index (χ2n) is 12.7. The summed E-state index contributed by atoms with van der Waals surface area (Å²) in [6.07, 6.45) is 7.87. The van der Waals surface area contributed by atoms with Crippen molar-refractivity contribution in [3.05, 3.63) is 114 Å². The Morgan fingerprint density at radius 3 is 2.31 bits per heavy atom. The van der Waals surface area contributed by atoms with Crippen molar-refractivity contribution in [1.82, 2.24) is 25.1 Å². The molecule has 0 spiro atoms. The Hall–Kier alpha value is -5.69. The molecule has 2 aromatic carbocycles. The number of pyridine rings is 2. The summed E-state index contributed by atoms with van der Waals surface area (Å²) in [5.74, 6) is 6.38. The SMILES string of the molecule is CC(C)(C)N(C(=O)O)C1CCN(C(=O)c2ccc(C#Cc3cc(NC(=O)NCCc4cccnc4)ccc3-c3ccncc3)cc2)CC1. The number of nitrogens with zero attached hydrogens (tertiary/aromatic N) is 4. The number of carbonyl (C=O) groups excluding carboxylic acids is 2. The molecule has 3 heterocycles. The highest BCUT2D eigenvalue weighted by atomic mass is 16.4. The highest BCUT2D eigenvalue weighted by Gasteiger charge is 2.36. The van der Waals surface area contributed by atoms with Crippen molar-refractivity contribution in [2.45, 2.75) is 51.6 Å². The summed E-state index contributed by atoms with van der Waals surface area (Å²) in [7, 11) is 0. The van der Waals surface area contributed by atoms with E-state index in [1.54, 1.807) is 41.8 Å². The third kappa shape index (κ3) is 8.76. The zero-order valence-electron chi connectivity index (χ0n) is 27.4. The van der Waals surface area contributed by atoms with Crippen LogP contribution in [-0.2, 0) is 6.42 Å². The van der Waals surface area contributed by atoms with Crippen molar-refractivity contribution >= 4 is 23.7 Å². The maximum absolute atomic E-state index is 13.3. The van der Waals surface area contributed by atoms with E-state index in [0.717, 1.165) is 27.8 Å². The van der Waals surface area contributed by atoms with Crippen LogP contribution in [0.1, 0.15) is 60.7 Å². The van der Waals surface area contributed by atoms with Gasteiger partial charge in [-0.1, -0.05) is 24.0 Å². The highest BCUT2D eigenvalue weighted by Crippen LogP contribution is 2.27. The van der Waals surface area contributed by atoms with Crippen molar-refractivity contribution in [3.63, 3.8) is 0 Å². The van der Waals surface area contributed by atoms with Gasteiger partial charge in [-0.3, -0.25) is 14.8 Å². The first-order valence-corrected chi connectivity index (χ1v) is 16.0. The molecule has 10 heteroatoms. The first-order valence-electron chi connectivity index (χ1n) is 16.0. The summed E-state index contributed by atoms with van der Waals surface area (Å²) in [5.41, 5.74) is 5.00. The monoisotopic (exact) mass is 644 g/mol. The zero-order valence-corrected chi connectivity index (χ0v) is 27.4. The molecule has 4 aromatic rings. The number of urea groups is 1. The number of nitrogens with one attached hydrogen (secondary N) is 2. The van der Waals surface area contributed by atoms with Crippen LogP contribution in [0.15, 0.2) is 91.5 Å². The summed E-state index contributed by atoms with van der Waals surface area (Å²) in [6.45, 7) is 7.13. The van der Waals surface area contributed by atoms with Gasteiger partial charge in [0.1, 0.15) is 0 Å². The van der Waals surface area contributed by atoms with E-state index in [9.17, 15) is 19.5 Å². The second kappa shape index (κ2) is 15.3. The number of benzene rings is 2. The summed E-state index contributed by atoms with van der Waals surface area (Å²) in [6, 6.07) is 20.0. The lowest BCUT2D eigenvalue weighted by Crippen LogP contribution is -2.55. The highest BCUT2D eigenvalue weighted by molar-refractivity contribution is 5.94. The lowest BCUT2D eigenvalue weighted by atomic mass is 9.96. The molecule has 0 bridgehead atoms. The molecule has 3 N–H and O–H groups in total. The van der Waals surface area contributed by atoms with Gasteiger partial charge < -0.3 is 25.5 Å². The zero-order chi connectivity index (χ0) is 34.1. The molecule has 4 amide bonds. The Morgan fingerprint density at radius 1 is 0.938 bits per heavy atom. The summed E-state index contributed by atoms with van der Waals surface area (Å²) < 4.78 is 0. The van der Waals surface area contributed by atoms with E-state index < -0.39 is 11.6 Å². The Labute approximate surface area is 281 Å². The van der Waals surface area contributed by atoms with Crippen LogP contribution in [0.5, 0.6) is 0 Å². The van der Waals surface area contributed by atoms with Crippen LogP contribution >= 0.6 is 0 Å². The number of carbonyl (C=O) groups is 3. The van der Waals surface area contributed by atoms with E-state index in [0.29, 0.717) is 50.1 Å². The molecule has 1 fully saturated rings. The Morgan fingerprint density at radius 2 is 1.67 bits per heavy atom. The van der Waals surface area contributed by atoms with Gasteiger partial charge in [0, 0.05) is 78.4 Å². The van der Waals surface area contributed by atoms with Gasteiger partial charge in [-0.15, -0.1) is 0 Å². The quantitative estimate of drug-likeness (QED) is 0.203. The number of hydrogen-bond acceptors (Lipinski definition) is 5. The van der Waals surface area contributed by atoms with Crippen LogP contribution in [0.25, 0.3) is 11.1 Å². The molecule has 5 rings (SSSR count). The fourth-order valence-electron chi connectivity index (χ4n) is 5.89. The molecule has 1 aliphatic rings. The van der Waals surface area contributed by atoms with Gasteiger partial charge in [0.15, 0.2) is 0 Å². The smallest absolute Gasteiger partial charge is 0.407 e. The number of hydrogen-bond donors (Lipinski definition) is 3. The number of carboxylic acid groups (broad SMARTS) is 1. The van der Waals surface area contributed by atoms with Crippen LogP contribution in [-0.4, -0.2) is 74.1 Å². The van der Waals surface area contributed by atoms with Crippen LogP contribution in [0.2, 0.25) is 0 Å². The molecule has 0 unspecified atom stereocenters.